The molecule has 0 aromatic heterocycles. The van der Waals surface area contributed by atoms with Crippen molar-refractivity contribution in [2.45, 2.75) is 50.5 Å². The minimum atomic E-state index is -0.772. The molecule has 5 fully saturated rings. The van der Waals surface area contributed by atoms with Crippen LogP contribution in [-0.4, -0.2) is 22.8 Å². The highest BCUT2D eigenvalue weighted by Crippen LogP contribution is 2.60. The maximum absolute atomic E-state index is 13.5. The van der Waals surface area contributed by atoms with Gasteiger partial charge in [0.1, 0.15) is 17.9 Å². The number of amides is 4. The molecule has 4 bridgehead atoms. The minimum Gasteiger partial charge on any atom is -0.488 e. The number of hydrogen-bond acceptors (Lipinski definition) is 6. The van der Waals surface area contributed by atoms with Crippen molar-refractivity contribution in [2.75, 3.05) is 4.90 Å². The van der Waals surface area contributed by atoms with E-state index in [1.54, 1.807) is 30.3 Å². The average molecular weight is 657 g/mol. The maximum Gasteiger partial charge on any atom is 0.335 e. The van der Waals surface area contributed by atoms with E-state index in [1.165, 1.54) is 62.3 Å². The zero-order valence-electron chi connectivity index (χ0n) is 23.8. The Labute approximate surface area is 262 Å². The minimum absolute atomic E-state index is 0.0198. The lowest BCUT2D eigenvalue weighted by molar-refractivity contribution is -0.384. The molecule has 0 spiro atoms. The van der Waals surface area contributed by atoms with Gasteiger partial charge in [0.15, 0.2) is 0 Å². The van der Waals surface area contributed by atoms with Gasteiger partial charge in [0.05, 0.1) is 15.1 Å². The summed E-state index contributed by atoms with van der Waals surface area (Å²) in [6, 6.07) is 18.2. The Kier molecular flexibility index (Phi) is 7.11. The first-order chi connectivity index (χ1) is 21.2. The summed E-state index contributed by atoms with van der Waals surface area (Å²) in [5, 5.41) is 13.3. The van der Waals surface area contributed by atoms with E-state index in [0.717, 1.165) is 22.7 Å². The monoisotopic (exact) mass is 655 g/mol. The van der Waals surface area contributed by atoms with Crippen LogP contribution in [0.1, 0.15) is 55.2 Å². The van der Waals surface area contributed by atoms with Crippen molar-refractivity contribution in [1.29, 1.82) is 0 Å². The molecule has 0 unspecified atom stereocenters. The van der Waals surface area contributed by atoms with E-state index in [2.05, 4.69) is 33.4 Å². The fourth-order valence-electron chi connectivity index (χ4n) is 8.13. The van der Waals surface area contributed by atoms with Crippen LogP contribution in [0.4, 0.5) is 16.2 Å². The van der Waals surface area contributed by atoms with Crippen molar-refractivity contribution in [2.24, 2.45) is 17.8 Å². The third kappa shape index (κ3) is 5.21. The summed E-state index contributed by atoms with van der Waals surface area (Å²) < 4.78 is 6.39. The molecule has 44 heavy (non-hydrogen) atoms. The molecule has 4 saturated carbocycles. The SMILES string of the molecule is O=C1NC(=O)N(c2ccc(C34CC5CC(CC(C5)C3)C4)cc2)C(=O)/C1=C/c1ccc(OCc2cccc([N+](=O)[O-])c2)c(Br)c1. The van der Waals surface area contributed by atoms with Crippen molar-refractivity contribution in [3.8, 4) is 5.75 Å². The van der Waals surface area contributed by atoms with Gasteiger partial charge in [-0.15, -0.1) is 0 Å². The van der Waals surface area contributed by atoms with Gasteiger partial charge in [0, 0.05) is 12.1 Å². The molecule has 1 saturated heterocycles. The standard InChI is InChI=1S/C34H30BrN3O6/c35-29-15-20(4-9-30(29)44-19-21-2-1-3-27(13-21)38(42)43)14-28-31(39)36-33(41)37(32(28)40)26-7-5-25(6-8-26)34-16-22-10-23(17-34)12-24(11-22)18-34/h1-9,13-15,22-24H,10-12,16-19H2,(H,36,39,41)/b28-14+. The molecule has 9 nitrogen and oxygen atoms in total. The van der Waals surface area contributed by atoms with Crippen LogP contribution in [0.25, 0.3) is 6.08 Å². The summed E-state index contributed by atoms with van der Waals surface area (Å²) in [6.45, 7) is 0.111. The van der Waals surface area contributed by atoms with Gasteiger partial charge in [0.25, 0.3) is 17.5 Å². The van der Waals surface area contributed by atoms with Crippen LogP contribution in [0.5, 0.6) is 5.75 Å². The molecule has 0 atom stereocenters. The number of carbonyl (C=O) groups is 3. The van der Waals surface area contributed by atoms with Crippen LogP contribution in [-0.2, 0) is 21.6 Å². The third-order valence-corrected chi connectivity index (χ3v) is 10.3. The lowest BCUT2D eigenvalue weighted by atomic mass is 9.48. The molecule has 3 aromatic carbocycles. The number of nitro benzene ring substituents is 1. The number of urea groups is 1. The maximum atomic E-state index is 13.5. The van der Waals surface area contributed by atoms with Crippen molar-refractivity contribution in [1.82, 2.24) is 5.32 Å². The van der Waals surface area contributed by atoms with E-state index in [-0.39, 0.29) is 23.3 Å². The van der Waals surface area contributed by atoms with E-state index in [1.807, 2.05) is 12.1 Å². The molecule has 5 aliphatic rings. The molecule has 1 heterocycles. The summed E-state index contributed by atoms with van der Waals surface area (Å²) in [5.74, 6) is 1.45. The van der Waals surface area contributed by atoms with E-state index in [0.29, 0.717) is 27.0 Å². The highest BCUT2D eigenvalue weighted by Gasteiger charge is 2.51. The third-order valence-electron chi connectivity index (χ3n) is 9.66. The number of carbonyl (C=O) groups excluding carboxylic acids is 3. The van der Waals surface area contributed by atoms with E-state index < -0.39 is 22.8 Å². The number of nitrogens with zero attached hydrogens (tertiary/aromatic N) is 2. The topological polar surface area (TPSA) is 119 Å². The van der Waals surface area contributed by atoms with E-state index >= 15 is 0 Å². The normalized spacial score (nSPS) is 26.7. The van der Waals surface area contributed by atoms with Gasteiger partial charge in [-0.25, -0.2) is 9.69 Å². The molecule has 1 N–H and O–H groups in total. The quantitative estimate of drug-likeness (QED) is 0.126. The van der Waals surface area contributed by atoms with Gasteiger partial charge in [-0.3, -0.25) is 25.0 Å². The van der Waals surface area contributed by atoms with Crippen molar-refractivity contribution < 1.29 is 24.0 Å². The molecule has 8 rings (SSSR count). The molecule has 10 heteroatoms. The van der Waals surface area contributed by atoms with Crippen molar-refractivity contribution >= 4 is 51.2 Å². The Morgan fingerprint density at radius 1 is 0.955 bits per heavy atom. The number of imide groups is 2. The van der Waals surface area contributed by atoms with Crippen LogP contribution in [0, 0.1) is 27.9 Å². The van der Waals surface area contributed by atoms with Gasteiger partial charge >= 0.3 is 6.03 Å². The van der Waals surface area contributed by atoms with Crippen LogP contribution < -0.4 is 15.0 Å². The number of halogens is 1. The number of barbiturate groups is 1. The number of hydrogen-bond donors (Lipinski definition) is 1. The smallest absolute Gasteiger partial charge is 0.335 e. The van der Waals surface area contributed by atoms with Gasteiger partial charge in [-0.2, -0.15) is 0 Å². The Hall–Kier alpha value is -4.31. The fraction of sp³-hybridized carbons (Fsp3) is 0.324. The van der Waals surface area contributed by atoms with Crippen molar-refractivity contribution in [3.63, 3.8) is 0 Å². The number of nitro groups is 1. The molecule has 1 aliphatic heterocycles. The summed E-state index contributed by atoms with van der Waals surface area (Å²) in [6.07, 6.45) is 9.17. The fourth-order valence-corrected chi connectivity index (χ4v) is 8.64. The molecular formula is C34H30BrN3O6. The van der Waals surface area contributed by atoms with Gasteiger partial charge in [0.2, 0.25) is 0 Å². The molecular weight excluding hydrogens is 626 g/mol. The molecule has 4 amide bonds. The number of anilines is 1. The van der Waals surface area contributed by atoms with Gasteiger partial charge in [-0.05, 0) is 125 Å². The van der Waals surface area contributed by atoms with Crippen LogP contribution >= 0.6 is 15.9 Å². The lowest BCUT2D eigenvalue weighted by Crippen LogP contribution is -2.54. The van der Waals surface area contributed by atoms with Crippen LogP contribution in [0.2, 0.25) is 0 Å². The number of rotatable bonds is 7. The van der Waals surface area contributed by atoms with Gasteiger partial charge in [-0.1, -0.05) is 30.3 Å². The second-order valence-corrected chi connectivity index (χ2v) is 13.5. The first kappa shape index (κ1) is 28.5. The number of ether oxygens (including phenoxy) is 1. The largest absolute Gasteiger partial charge is 0.488 e. The lowest BCUT2D eigenvalue weighted by Gasteiger charge is -2.57. The predicted molar refractivity (Wildman–Crippen MR) is 167 cm³/mol. The Morgan fingerprint density at radius 3 is 2.27 bits per heavy atom. The van der Waals surface area contributed by atoms with Crippen LogP contribution in [0.3, 0.4) is 0 Å². The highest BCUT2D eigenvalue weighted by atomic mass is 79.9. The Bertz CT molecular complexity index is 1700. The van der Waals surface area contributed by atoms with Gasteiger partial charge < -0.3 is 4.74 Å². The average Bonchev–Trinajstić information content (AvgIpc) is 2.98. The molecule has 4 aliphatic carbocycles. The predicted octanol–water partition coefficient (Wildman–Crippen LogP) is 7.07. The summed E-state index contributed by atoms with van der Waals surface area (Å²) >= 11 is 3.46. The second-order valence-electron chi connectivity index (χ2n) is 12.6. The number of benzene rings is 3. The summed E-state index contributed by atoms with van der Waals surface area (Å²) in [5.41, 5.74) is 2.91. The summed E-state index contributed by atoms with van der Waals surface area (Å²) in [7, 11) is 0. The number of non-ortho nitro benzene ring substituents is 1. The molecule has 0 radical (unpaired) electrons. The first-order valence-electron chi connectivity index (χ1n) is 14.9. The molecule has 224 valence electrons. The van der Waals surface area contributed by atoms with E-state index in [4.69, 9.17) is 4.74 Å². The second kappa shape index (κ2) is 11.0. The Morgan fingerprint density at radius 2 is 1.64 bits per heavy atom. The van der Waals surface area contributed by atoms with E-state index in [9.17, 15) is 24.5 Å². The first-order valence-corrected chi connectivity index (χ1v) is 15.6. The number of nitrogens with one attached hydrogen (secondary N) is 1. The summed E-state index contributed by atoms with van der Waals surface area (Å²) in [4.78, 5) is 50.8. The zero-order chi connectivity index (χ0) is 30.6. The molecule has 3 aromatic rings. The Balaban J connectivity index is 1.08. The van der Waals surface area contributed by atoms with Crippen molar-refractivity contribution in [3.05, 3.63) is 104 Å². The zero-order valence-corrected chi connectivity index (χ0v) is 25.4. The highest BCUT2D eigenvalue weighted by molar-refractivity contribution is 9.10. The van der Waals surface area contributed by atoms with Crippen LogP contribution in [0.15, 0.2) is 76.8 Å².